The molecule has 102 valence electrons. The zero-order valence-electron chi connectivity index (χ0n) is 10.8. The minimum Gasteiger partial charge on any atom is -0.380 e. The molecule has 0 atom stereocenters. The third-order valence-corrected chi connectivity index (χ3v) is 2.81. The van der Waals surface area contributed by atoms with E-state index in [1.54, 1.807) is 42.6 Å². The van der Waals surface area contributed by atoms with Gasteiger partial charge in [-0.15, -0.1) is 6.58 Å². The van der Waals surface area contributed by atoms with Crippen LogP contribution in [0, 0.1) is 0 Å². The van der Waals surface area contributed by atoms with Crippen molar-refractivity contribution >= 4 is 28.9 Å². The molecule has 2 aromatic rings. The van der Waals surface area contributed by atoms with Gasteiger partial charge in [0.15, 0.2) is 0 Å². The van der Waals surface area contributed by atoms with Gasteiger partial charge in [0.25, 0.3) is 5.91 Å². The third-order valence-electron chi connectivity index (χ3n) is 2.55. The van der Waals surface area contributed by atoms with Crippen molar-refractivity contribution < 1.29 is 4.79 Å². The van der Waals surface area contributed by atoms with Gasteiger partial charge in [-0.25, -0.2) is 0 Å². The SMILES string of the molecule is C=CCNc1cncc(C(=O)Nc2ccc(Cl)cc2)c1. The Morgan fingerprint density at radius 1 is 1.25 bits per heavy atom. The van der Waals surface area contributed by atoms with Gasteiger partial charge in [-0.2, -0.15) is 0 Å². The summed E-state index contributed by atoms with van der Waals surface area (Å²) in [4.78, 5) is 16.1. The van der Waals surface area contributed by atoms with Crippen LogP contribution in [0.15, 0.2) is 55.4 Å². The fourth-order valence-electron chi connectivity index (χ4n) is 1.59. The Hall–Kier alpha value is -2.33. The fraction of sp³-hybridized carbons (Fsp3) is 0.0667. The minimum atomic E-state index is -0.220. The molecular weight excluding hydrogens is 274 g/mol. The van der Waals surface area contributed by atoms with Crippen molar-refractivity contribution in [3.8, 4) is 0 Å². The monoisotopic (exact) mass is 287 g/mol. The summed E-state index contributed by atoms with van der Waals surface area (Å²) in [6.07, 6.45) is 4.91. The Kier molecular flexibility index (Phi) is 4.74. The number of carbonyl (C=O) groups is 1. The smallest absolute Gasteiger partial charge is 0.257 e. The standard InChI is InChI=1S/C15H14ClN3O/c1-2-7-18-14-8-11(9-17-10-14)15(20)19-13-5-3-12(16)4-6-13/h2-6,8-10,18H,1,7H2,(H,19,20). The van der Waals surface area contributed by atoms with Crippen molar-refractivity contribution in [1.29, 1.82) is 0 Å². The molecule has 2 N–H and O–H groups in total. The van der Waals surface area contributed by atoms with E-state index in [1.807, 2.05) is 0 Å². The average molecular weight is 288 g/mol. The van der Waals surface area contributed by atoms with Gasteiger partial charge in [-0.3, -0.25) is 9.78 Å². The Labute approximate surface area is 122 Å². The van der Waals surface area contributed by atoms with E-state index >= 15 is 0 Å². The normalized spacial score (nSPS) is 9.85. The number of hydrogen-bond donors (Lipinski definition) is 2. The van der Waals surface area contributed by atoms with Crippen molar-refractivity contribution in [1.82, 2.24) is 4.98 Å². The summed E-state index contributed by atoms with van der Waals surface area (Å²) in [5.41, 5.74) is 1.94. The highest BCUT2D eigenvalue weighted by Crippen LogP contribution is 2.15. The molecule has 0 radical (unpaired) electrons. The van der Waals surface area contributed by atoms with Gasteiger partial charge in [-0.05, 0) is 30.3 Å². The van der Waals surface area contributed by atoms with Crippen molar-refractivity contribution in [2.75, 3.05) is 17.2 Å². The van der Waals surface area contributed by atoms with E-state index in [1.165, 1.54) is 6.20 Å². The molecule has 0 fully saturated rings. The van der Waals surface area contributed by atoms with Crippen LogP contribution in [-0.2, 0) is 0 Å². The molecule has 0 saturated carbocycles. The van der Waals surface area contributed by atoms with Crippen molar-refractivity contribution in [2.45, 2.75) is 0 Å². The van der Waals surface area contributed by atoms with Gasteiger partial charge in [0.05, 0.1) is 11.3 Å². The van der Waals surface area contributed by atoms with E-state index in [4.69, 9.17) is 11.6 Å². The molecular formula is C15H14ClN3O. The number of hydrogen-bond acceptors (Lipinski definition) is 3. The van der Waals surface area contributed by atoms with Crippen LogP contribution in [0.4, 0.5) is 11.4 Å². The van der Waals surface area contributed by atoms with Crippen LogP contribution in [0.5, 0.6) is 0 Å². The molecule has 0 aliphatic carbocycles. The number of pyridine rings is 1. The van der Waals surface area contributed by atoms with Crippen molar-refractivity contribution in [3.63, 3.8) is 0 Å². The predicted molar refractivity (Wildman–Crippen MR) is 82.3 cm³/mol. The highest BCUT2D eigenvalue weighted by Gasteiger charge is 2.07. The largest absolute Gasteiger partial charge is 0.380 e. The lowest BCUT2D eigenvalue weighted by Crippen LogP contribution is -2.12. The second kappa shape index (κ2) is 6.73. The number of amides is 1. The number of rotatable bonds is 5. The van der Waals surface area contributed by atoms with Crippen LogP contribution in [0.25, 0.3) is 0 Å². The summed E-state index contributed by atoms with van der Waals surface area (Å²) < 4.78 is 0. The Morgan fingerprint density at radius 3 is 2.70 bits per heavy atom. The first-order valence-corrected chi connectivity index (χ1v) is 6.43. The van der Waals surface area contributed by atoms with Crippen LogP contribution in [0.1, 0.15) is 10.4 Å². The van der Waals surface area contributed by atoms with E-state index in [9.17, 15) is 4.79 Å². The van der Waals surface area contributed by atoms with Gasteiger partial charge < -0.3 is 10.6 Å². The molecule has 1 aromatic heterocycles. The molecule has 4 nitrogen and oxygen atoms in total. The zero-order chi connectivity index (χ0) is 14.4. The lowest BCUT2D eigenvalue weighted by atomic mass is 10.2. The number of halogens is 1. The molecule has 0 aliphatic heterocycles. The lowest BCUT2D eigenvalue weighted by molar-refractivity contribution is 0.102. The molecule has 1 heterocycles. The molecule has 2 rings (SSSR count). The van der Waals surface area contributed by atoms with Crippen LogP contribution < -0.4 is 10.6 Å². The van der Waals surface area contributed by atoms with Crippen molar-refractivity contribution in [3.05, 3.63) is 66.0 Å². The first-order valence-electron chi connectivity index (χ1n) is 6.06. The van der Waals surface area contributed by atoms with Crippen LogP contribution >= 0.6 is 11.6 Å². The first kappa shape index (κ1) is 14.1. The molecule has 20 heavy (non-hydrogen) atoms. The Balaban J connectivity index is 2.08. The van der Waals surface area contributed by atoms with Crippen LogP contribution in [-0.4, -0.2) is 17.4 Å². The van der Waals surface area contributed by atoms with Gasteiger partial charge in [0.1, 0.15) is 0 Å². The van der Waals surface area contributed by atoms with E-state index in [0.717, 1.165) is 5.69 Å². The molecule has 0 aliphatic rings. The first-order chi connectivity index (χ1) is 9.69. The molecule has 1 amide bonds. The predicted octanol–water partition coefficient (Wildman–Crippen LogP) is 3.59. The van der Waals surface area contributed by atoms with Gasteiger partial charge in [-0.1, -0.05) is 17.7 Å². The van der Waals surface area contributed by atoms with Crippen LogP contribution in [0.3, 0.4) is 0 Å². The summed E-state index contributed by atoms with van der Waals surface area (Å²) in [7, 11) is 0. The van der Waals surface area contributed by atoms with E-state index in [2.05, 4.69) is 22.2 Å². The molecule has 0 spiro atoms. The quantitative estimate of drug-likeness (QED) is 0.826. The summed E-state index contributed by atoms with van der Waals surface area (Å²) in [5.74, 6) is -0.220. The maximum Gasteiger partial charge on any atom is 0.257 e. The summed E-state index contributed by atoms with van der Waals surface area (Å²) in [6.45, 7) is 4.24. The van der Waals surface area contributed by atoms with E-state index < -0.39 is 0 Å². The molecule has 0 saturated heterocycles. The maximum absolute atomic E-state index is 12.1. The van der Waals surface area contributed by atoms with Gasteiger partial charge >= 0.3 is 0 Å². The number of nitrogens with zero attached hydrogens (tertiary/aromatic N) is 1. The second-order valence-electron chi connectivity index (χ2n) is 4.09. The van der Waals surface area contributed by atoms with E-state index in [-0.39, 0.29) is 5.91 Å². The number of anilines is 2. The summed E-state index contributed by atoms with van der Waals surface area (Å²) in [6, 6.07) is 8.66. The number of carbonyl (C=O) groups excluding carboxylic acids is 1. The van der Waals surface area contributed by atoms with E-state index in [0.29, 0.717) is 22.8 Å². The highest BCUT2D eigenvalue weighted by molar-refractivity contribution is 6.30. The number of benzene rings is 1. The Morgan fingerprint density at radius 2 is 2.00 bits per heavy atom. The average Bonchev–Trinajstić information content (AvgIpc) is 2.48. The maximum atomic E-state index is 12.1. The third kappa shape index (κ3) is 3.83. The summed E-state index contributed by atoms with van der Waals surface area (Å²) in [5, 5.41) is 6.49. The van der Waals surface area contributed by atoms with Crippen molar-refractivity contribution in [2.24, 2.45) is 0 Å². The van der Waals surface area contributed by atoms with Crippen LogP contribution in [0.2, 0.25) is 5.02 Å². The fourth-order valence-corrected chi connectivity index (χ4v) is 1.71. The van der Waals surface area contributed by atoms with Gasteiger partial charge in [0, 0.05) is 29.6 Å². The second-order valence-corrected chi connectivity index (χ2v) is 4.53. The molecule has 0 unspecified atom stereocenters. The van der Waals surface area contributed by atoms with Gasteiger partial charge in [0.2, 0.25) is 0 Å². The topological polar surface area (TPSA) is 54.0 Å². The number of aromatic nitrogens is 1. The Bertz CT molecular complexity index is 611. The molecule has 0 bridgehead atoms. The highest BCUT2D eigenvalue weighted by atomic mass is 35.5. The molecule has 1 aromatic carbocycles. The zero-order valence-corrected chi connectivity index (χ0v) is 11.5. The minimum absolute atomic E-state index is 0.220. The lowest BCUT2D eigenvalue weighted by Gasteiger charge is -2.07. The number of nitrogens with one attached hydrogen (secondary N) is 2. The summed E-state index contributed by atoms with van der Waals surface area (Å²) >= 11 is 5.80. The molecule has 5 heteroatoms.